The van der Waals surface area contributed by atoms with E-state index in [1.54, 1.807) is 24.7 Å². The maximum atomic E-state index is 14.0. The standard InChI is InChI=1S/C31H26FN7O2/c32-20-10-18(12-22(40)13-20)23-8-9-34-30-24(23)14-27(37-30)29-28-26(38-39-29)7-6-25(36-28)19-11-21(16-33-15-19)35-31(41)17-4-2-1-3-5-17/h6-17,40H,1-5H2,(H,34,37)(H,35,41)(H,38,39). The summed E-state index contributed by atoms with van der Waals surface area (Å²) in [6.07, 6.45) is 10.2. The molecule has 1 aliphatic rings. The maximum absolute atomic E-state index is 14.0. The fourth-order valence-corrected chi connectivity index (χ4v) is 5.64. The number of amides is 1. The van der Waals surface area contributed by atoms with Gasteiger partial charge in [-0.05, 0) is 66.4 Å². The second kappa shape index (κ2) is 10.1. The van der Waals surface area contributed by atoms with Gasteiger partial charge in [-0.1, -0.05) is 19.3 Å². The molecule has 0 aliphatic heterocycles. The Labute approximate surface area is 233 Å². The number of nitrogens with one attached hydrogen (secondary N) is 3. The van der Waals surface area contributed by atoms with Crippen LogP contribution in [0.5, 0.6) is 5.75 Å². The fourth-order valence-electron chi connectivity index (χ4n) is 5.64. The maximum Gasteiger partial charge on any atom is 0.227 e. The molecule has 1 saturated carbocycles. The molecule has 6 aromatic rings. The highest BCUT2D eigenvalue weighted by Gasteiger charge is 2.21. The molecule has 0 atom stereocenters. The lowest BCUT2D eigenvalue weighted by molar-refractivity contribution is -0.120. The summed E-state index contributed by atoms with van der Waals surface area (Å²) in [5, 5.41) is 21.3. The van der Waals surface area contributed by atoms with Gasteiger partial charge in [-0.2, -0.15) is 5.10 Å². The zero-order valence-corrected chi connectivity index (χ0v) is 22.0. The van der Waals surface area contributed by atoms with E-state index >= 15 is 0 Å². The van der Waals surface area contributed by atoms with Gasteiger partial charge in [-0.15, -0.1) is 0 Å². The monoisotopic (exact) mass is 547 g/mol. The minimum Gasteiger partial charge on any atom is -0.508 e. The van der Waals surface area contributed by atoms with Crippen molar-refractivity contribution in [3.05, 3.63) is 72.9 Å². The number of rotatable bonds is 5. The van der Waals surface area contributed by atoms with E-state index in [2.05, 4.69) is 30.5 Å². The third kappa shape index (κ3) is 4.77. The van der Waals surface area contributed by atoms with Crippen molar-refractivity contribution in [3.63, 3.8) is 0 Å². The van der Waals surface area contributed by atoms with Crippen LogP contribution in [0.3, 0.4) is 0 Å². The molecule has 0 saturated heterocycles. The molecule has 10 heteroatoms. The number of phenolic OH excluding ortho intramolecular Hbond substituents is 1. The molecule has 1 fully saturated rings. The number of aromatic hydroxyl groups is 1. The number of hydrogen-bond acceptors (Lipinski definition) is 6. The van der Waals surface area contributed by atoms with Gasteiger partial charge in [0.05, 0.1) is 28.8 Å². The third-order valence-corrected chi connectivity index (χ3v) is 7.67. The van der Waals surface area contributed by atoms with Crippen molar-refractivity contribution in [2.45, 2.75) is 32.1 Å². The molecule has 0 spiro atoms. The van der Waals surface area contributed by atoms with Gasteiger partial charge in [-0.3, -0.25) is 14.9 Å². The van der Waals surface area contributed by atoms with Crippen LogP contribution in [0, 0.1) is 11.7 Å². The van der Waals surface area contributed by atoms with Gasteiger partial charge in [-0.25, -0.2) is 14.4 Å². The zero-order valence-electron chi connectivity index (χ0n) is 22.0. The van der Waals surface area contributed by atoms with E-state index in [0.29, 0.717) is 39.5 Å². The second-order valence-electron chi connectivity index (χ2n) is 10.5. The normalized spacial score (nSPS) is 14.1. The molecule has 5 aromatic heterocycles. The number of carbonyl (C=O) groups excluding carboxylic acids is 1. The Kier molecular flexibility index (Phi) is 6.15. The number of fused-ring (bicyclic) bond motifs is 2. The molecule has 5 heterocycles. The molecule has 0 unspecified atom stereocenters. The number of carbonyl (C=O) groups is 1. The second-order valence-corrected chi connectivity index (χ2v) is 10.5. The lowest BCUT2D eigenvalue weighted by Gasteiger charge is -2.20. The molecule has 1 aliphatic carbocycles. The molecule has 1 aromatic carbocycles. The van der Waals surface area contributed by atoms with E-state index in [9.17, 15) is 14.3 Å². The summed E-state index contributed by atoms with van der Waals surface area (Å²) < 4.78 is 14.0. The number of phenols is 1. The SMILES string of the molecule is O=C(Nc1cncc(-c2ccc3[nH]nc(-c4cc5c(-c6cc(O)cc(F)c6)ccnc5[nH]4)c3n2)c1)C1CCCCC1. The Morgan fingerprint density at radius 3 is 2.73 bits per heavy atom. The van der Waals surface area contributed by atoms with Gasteiger partial charge in [0, 0.05) is 35.3 Å². The van der Waals surface area contributed by atoms with Gasteiger partial charge in [0.1, 0.15) is 28.4 Å². The molecule has 4 N–H and O–H groups in total. The number of nitrogens with zero attached hydrogens (tertiary/aromatic N) is 4. The third-order valence-electron chi connectivity index (χ3n) is 7.67. The Morgan fingerprint density at radius 1 is 1.00 bits per heavy atom. The van der Waals surface area contributed by atoms with E-state index in [0.717, 1.165) is 53.8 Å². The number of halogens is 1. The van der Waals surface area contributed by atoms with Gasteiger partial charge in [0.2, 0.25) is 5.91 Å². The van der Waals surface area contributed by atoms with Crippen LogP contribution in [-0.4, -0.2) is 41.1 Å². The summed E-state index contributed by atoms with van der Waals surface area (Å²) in [6.45, 7) is 0. The first-order valence-electron chi connectivity index (χ1n) is 13.6. The van der Waals surface area contributed by atoms with E-state index in [-0.39, 0.29) is 17.6 Å². The molecule has 0 radical (unpaired) electrons. The number of H-pyrrole nitrogens is 2. The first kappa shape index (κ1) is 24.9. The van der Waals surface area contributed by atoms with Crippen molar-refractivity contribution in [1.29, 1.82) is 0 Å². The molecule has 1 amide bonds. The fraction of sp³-hybridized carbons (Fsp3) is 0.194. The quantitative estimate of drug-likeness (QED) is 0.192. The first-order chi connectivity index (χ1) is 20.0. The average molecular weight is 548 g/mol. The van der Waals surface area contributed by atoms with Crippen molar-refractivity contribution in [2.24, 2.45) is 5.92 Å². The molecule has 9 nitrogen and oxygen atoms in total. The van der Waals surface area contributed by atoms with E-state index < -0.39 is 5.82 Å². The lowest BCUT2D eigenvalue weighted by Crippen LogP contribution is -2.24. The van der Waals surface area contributed by atoms with Gasteiger partial charge >= 0.3 is 0 Å². The van der Waals surface area contributed by atoms with E-state index in [1.807, 2.05) is 24.3 Å². The molecular weight excluding hydrogens is 521 g/mol. The molecule has 7 rings (SSSR count). The largest absolute Gasteiger partial charge is 0.508 e. The van der Waals surface area contributed by atoms with Gasteiger partial charge in [0.15, 0.2) is 0 Å². The topological polar surface area (TPSA) is 132 Å². The molecule has 41 heavy (non-hydrogen) atoms. The molecular formula is C31H26FN7O2. The van der Waals surface area contributed by atoms with Crippen molar-refractivity contribution < 1.29 is 14.3 Å². The Bertz CT molecular complexity index is 1900. The van der Waals surface area contributed by atoms with Crippen molar-refractivity contribution in [2.75, 3.05) is 5.32 Å². The van der Waals surface area contributed by atoms with Crippen molar-refractivity contribution in [1.82, 2.24) is 30.1 Å². The van der Waals surface area contributed by atoms with Crippen molar-refractivity contribution in [3.8, 4) is 39.5 Å². The first-order valence-corrected chi connectivity index (χ1v) is 13.6. The predicted octanol–water partition coefficient (Wildman–Crippen LogP) is 6.59. The van der Waals surface area contributed by atoms with Gasteiger partial charge in [0.25, 0.3) is 0 Å². The number of anilines is 1. The smallest absolute Gasteiger partial charge is 0.227 e. The van der Waals surface area contributed by atoms with Crippen LogP contribution in [0.1, 0.15) is 32.1 Å². The highest BCUT2D eigenvalue weighted by atomic mass is 19.1. The van der Waals surface area contributed by atoms with Crippen LogP contribution >= 0.6 is 0 Å². The number of hydrogen-bond donors (Lipinski definition) is 4. The van der Waals surface area contributed by atoms with Crippen LogP contribution in [-0.2, 0) is 4.79 Å². The van der Waals surface area contributed by atoms with Crippen LogP contribution in [0.25, 0.3) is 55.8 Å². The number of aromatic amines is 2. The van der Waals surface area contributed by atoms with Gasteiger partial charge < -0.3 is 15.4 Å². The van der Waals surface area contributed by atoms with Crippen LogP contribution in [0.4, 0.5) is 10.1 Å². The molecule has 0 bridgehead atoms. The van der Waals surface area contributed by atoms with E-state index in [1.165, 1.54) is 18.6 Å². The summed E-state index contributed by atoms with van der Waals surface area (Å²) in [6, 6.07) is 13.3. The minimum atomic E-state index is -0.525. The summed E-state index contributed by atoms with van der Waals surface area (Å²) in [7, 11) is 0. The number of pyridine rings is 3. The summed E-state index contributed by atoms with van der Waals surface area (Å²) >= 11 is 0. The summed E-state index contributed by atoms with van der Waals surface area (Å²) in [4.78, 5) is 29.8. The summed E-state index contributed by atoms with van der Waals surface area (Å²) in [5.74, 6) is -0.580. The summed E-state index contributed by atoms with van der Waals surface area (Å²) in [5.41, 5.74) is 6.64. The zero-order chi connectivity index (χ0) is 27.9. The van der Waals surface area contributed by atoms with Crippen LogP contribution < -0.4 is 5.32 Å². The predicted molar refractivity (Wildman–Crippen MR) is 154 cm³/mol. The highest BCUT2D eigenvalue weighted by Crippen LogP contribution is 2.35. The van der Waals surface area contributed by atoms with Crippen LogP contribution in [0.15, 0.2) is 67.1 Å². The van der Waals surface area contributed by atoms with Crippen molar-refractivity contribution >= 4 is 33.7 Å². The highest BCUT2D eigenvalue weighted by molar-refractivity contribution is 5.99. The van der Waals surface area contributed by atoms with Crippen LogP contribution in [0.2, 0.25) is 0 Å². The Hall–Kier alpha value is -5.12. The average Bonchev–Trinajstić information content (AvgIpc) is 3.61. The lowest BCUT2D eigenvalue weighted by atomic mass is 9.88. The molecule has 204 valence electrons. The number of aromatic nitrogens is 6. The number of benzene rings is 1. The van der Waals surface area contributed by atoms with E-state index in [4.69, 9.17) is 4.98 Å². The Morgan fingerprint density at radius 2 is 1.88 bits per heavy atom. The minimum absolute atomic E-state index is 0.0458. The Balaban J connectivity index is 1.23.